The summed E-state index contributed by atoms with van der Waals surface area (Å²) in [6.45, 7) is 5.06. The van der Waals surface area contributed by atoms with Crippen LogP contribution in [0.2, 0.25) is 5.02 Å². The van der Waals surface area contributed by atoms with Crippen LogP contribution in [0.15, 0.2) is 35.1 Å². The van der Waals surface area contributed by atoms with Gasteiger partial charge in [0, 0.05) is 29.2 Å². The molecule has 0 spiro atoms. The van der Waals surface area contributed by atoms with Gasteiger partial charge in [0.05, 0.1) is 13.1 Å². The Kier molecular flexibility index (Phi) is 5.19. The highest BCUT2D eigenvalue weighted by Crippen LogP contribution is 2.35. The van der Waals surface area contributed by atoms with E-state index in [1.165, 1.54) is 0 Å². The smallest absolute Gasteiger partial charge is 0.254 e. The van der Waals surface area contributed by atoms with Crippen molar-refractivity contribution in [3.8, 4) is 5.75 Å². The lowest BCUT2D eigenvalue weighted by atomic mass is 10.0. The number of carbonyl (C=O) groups is 1. The first-order valence-electron chi connectivity index (χ1n) is 9.83. The number of ether oxygens (including phenoxy) is 1. The molecule has 1 aromatic carbocycles. The number of rotatable bonds is 6. The molecule has 148 valence electrons. The predicted octanol–water partition coefficient (Wildman–Crippen LogP) is 3.68. The van der Waals surface area contributed by atoms with E-state index in [0.29, 0.717) is 37.7 Å². The van der Waals surface area contributed by atoms with Crippen molar-refractivity contribution in [1.82, 2.24) is 9.47 Å². The van der Waals surface area contributed by atoms with E-state index >= 15 is 0 Å². The lowest BCUT2D eigenvalue weighted by Crippen LogP contribution is -2.56. The Hall–Kier alpha value is -2.27. The number of aryl methyl sites for hydroxylation is 3. The minimum Gasteiger partial charge on any atom is -0.486 e. The zero-order valence-corrected chi connectivity index (χ0v) is 17.0. The normalized spacial score (nSPS) is 16.8. The average molecular weight is 401 g/mol. The van der Waals surface area contributed by atoms with E-state index < -0.39 is 0 Å². The van der Waals surface area contributed by atoms with Crippen LogP contribution >= 0.6 is 11.6 Å². The van der Waals surface area contributed by atoms with Gasteiger partial charge in [-0.2, -0.15) is 0 Å². The summed E-state index contributed by atoms with van der Waals surface area (Å²) in [4.78, 5) is 26.5. The molecule has 1 saturated carbocycles. The Morgan fingerprint density at radius 2 is 1.93 bits per heavy atom. The Morgan fingerprint density at radius 3 is 2.57 bits per heavy atom. The van der Waals surface area contributed by atoms with Gasteiger partial charge in [0.2, 0.25) is 5.91 Å². The summed E-state index contributed by atoms with van der Waals surface area (Å²) in [6.07, 6.45) is 3.30. The van der Waals surface area contributed by atoms with Crippen LogP contribution in [0.1, 0.15) is 42.1 Å². The van der Waals surface area contributed by atoms with Crippen LogP contribution < -0.4 is 10.3 Å². The maximum atomic E-state index is 12.4. The van der Waals surface area contributed by atoms with E-state index in [-0.39, 0.29) is 17.6 Å². The number of carbonyl (C=O) groups excluding carboxylic acids is 1. The SMILES string of the molecule is Cc1cc(CCC(=O)N2CC(Oc3cc(C)n(C4CC4)c(=O)c3)C2)ccc1Cl. The fraction of sp³-hybridized carbons (Fsp3) is 0.455. The van der Waals surface area contributed by atoms with Gasteiger partial charge in [0.25, 0.3) is 5.56 Å². The minimum absolute atomic E-state index is 0.00279. The molecule has 6 heteroatoms. The van der Waals surface area contributed by atoms with E-state index in [0.717, 1.165) is 34.7 Å². The van der Waals surface area contributed by atoms with Gasteiger partial charge in [0.15, 0.2) is 0 Å². The average Bonchev–Trinajstić information content (AvgIpc) is 3.43. The molecule has 4 rings (SSSR count). The number of halogens is 1. The number of amides is 1. The summed E-state index contributed by atoms with van der Waals surface area (Å²) in [6, 6.07) is 9.73. The van der Waals surface area contributed by atoms with Gasteiger partial charge in [-0.25, -0.2) is 0 Å². The molecule has 2 aromatic rings. The number of nitrogens with zero attached hydrogens (tertiary/aromatic N) is 2. The van der Waals surface area contributed by atoms with Crippen molar-refractivity contribution in [1.29, 1.82) is 0 Å². The number of hydrogen-bond donors (Lipinski definition) is 0. The summed E-state index contributed by atoms with van der Waals surface area (Å²) < 4.78 is 7.77. The third-order valence-electron chi connectivity index (χ3n) is 5.50. The van der Waals surface area contributed by atoms with Crippen molar-refractivity contribution in [3.05, 3.63) is 62.5 Å². The van der Waals surface area contributed by atoms with Gasteiger partial charge >= 0.3 is 0 Å². The van der Waals surface area contributed by atoms with Gasteiger partial charge in [-0.3, -0.25) is 9.59 Å². The highest BCUT2D eigenvalue weighted by molar-refractivity contribution is 6.31. The van der Waals surface area contributed by atoms with Crippen molar-refractivity contribution >= 4 is 17.5 Å². The first-order chi connectivity index (χ1) is 13.4. The largest absolute Gasteiger partial charge is 0.486 e. The molecule has 0 unspecified atom stereocenters. The Balaban J connectivity index is 1.27. The Labute approximate surface area is 169 Å². The number of pyridine rings is 1. The van der Waals surface area contributed by atoms with E-state index in [1.54, 1.807) is 6.07 Å². The molecule has 0 N–H and O–H groups in total. The van der Waals surface area contributed by atoms with E-state index in [2.05, 4.69) is 0 Å². The molecule has 1 aliphatic carbocycles. The van der Waals surface area contributed by atoms with Crippen LogP contribution in [0.5, 0.6) is 5.75 Å². The molecular formula is C22H25ClN2O3. The molecule has 0 bridgehead atoms. The molecule has 1 aromatic heterocycles. The number of hydrogen-bond acceptors (Lipinski definition) is 3. The van der Waals surface area contributed by atoms with Gasteiger partial charge < -0.3 is 14.2 Å². The second kappa shape index (κ2) is 7.63. The standard InChI is InChI=1S/C22H25ClN2O3/c1-14-9-16(3-7-20(14)23)4-8-21(26)24-12-19(13-24)28-18-10-15(2)25(17-5-6-17)22(27)11-18/h3,7,9-11,17,19H,4-6,8,12-13H2,1-2H3. The first-order valence-corrected chi connectivity index (χ1v) is 10.2. The zero-order chi connectivity index (χ0) is 19.8. The van der Waals surface area contributed by atoms with Crippen molar-refractivity contribution < 1.29 is 9.53 Å². The number of benzene rings is 1. The molecule has 0 atom stereocenters. The highest BCUT2D eigenvalue weighted by Gasteiger charge is 2.32. The van der Waals surface area contributed by atoms with E-state index in [1.807, 2.05) is 47.6 Å². The molecule has 1 saturated heterocycles. The molecule has 2 aliphatic rings. The molecule has 2 fully saturated rings. The monoisotopic (exact) mass is 400 g/mol. The minimum atomic E-state index is -0.0442. The Bertz CT molecular complexity index is 959. The van der Waals surface area contributed by atoms with Crippen molar-refractivity contribution in [2.75, 3.05) is 13.1 Å². The van der Waals surface area contributed by atoms with Crippen LogP contribution in [0.3, 0.4) is 0 Å². The van der Waals surface area contributed by atoms with Crippen molar-refractivity contribution in [2.45, 2.75) is 51.7 Å². The first kappa shape index (κ1) is 19.1. The van der Waals surface area contributed by atoms with E-state index in [9.17, 15) is 9.59 Å². The van der Waals surface area contributed by atoms with Crippen LogP contribution in [0, 0.1) is 13.8 Å². The fourth-order valence-electron chi connectivity index (χ4n) is 3.73. The molecule has 0 radical (unpaired) electrons. The second-order valence-electron chi connectivity index (χ2n) is 7.89. The van der Waals surface area contributed by atoms with Crippen molar-refractivity contribution in [3.63, 3.8) is 0 Å². The molecule has 5 nitrogen and oxygen atoms in total. The van der Waals surface area contributed by atoms with Gasteiger partial charge in [-0.1, -0.05) is 23.7 Å². The van der Waals surface area contributed by atoms with Crippen LogP contribution in [-0.2, 0) is 11.2 Å². The zero-order valence-electron chi connectivity index (χ0n) is 16.3. The molecule has 1 amide bonds. The van der Waals surface area contributed by atoms with Crippen LogP contribution in [0.4, 0.5) is 0 Å². The second-order valence-corrected chi connectivity index (χ2v) is 8.30. The third kappa shape index (κ3) is 4.09. The van der Waals surface area contributed by atoms with Gasteiger partial charge in [-0.15, -0.1) is 0 Å². The lowest BCUT2D eigenvalue weighted by molar-refractivity contribution is -0.139. The topological polar surface area (TPSA) is 51.5 Å². The van der Waals surface area contributed by atoms with Gasteiger partial charge in [-0.05, 0) is 56.4 Å². The maximum Gasteiger partial charge on any atom is 0.254 e. The maximum absolute atomic E-state index is 12.4. The lowest BCUT2D eigenvalue weighted by Gasteiger charge is -2.39. The predicted molar refractivity (Wildman–Crippen MR) is 109 cm³/mol. The quantitative estimate of drug-likeness (QED) is 0.743. The summed E-state index contributed by atoms with van der Waals surface area (Å²) in [7, 11) is 0. The highest BCUT2D eigenvalue weighted by atomic mass is 35.5. The number of likely N-dealkylation sites (tertiary alicyclic amines) is 1. The summed E-state index contributed by atoms with van der Waals surface area (Å²) in [5.41, 5.74) is 3.09. The number of aromatic nitrogens is 1. The molecule has 28 heavy (non-hydrogen) atoms. The summed E-state index contributed by atoms with van der Waals surface area (Å²) in [5, 5.41) is 0.748. The fourth-order valence-corrected chi connectivity index (χ4v) is 3.85. The molecule has 1 aliphatic heterocycles. The van der Waals surface area contributed by atoms with Crippen LogP contribution in [-0.4, -0.2) is 34.6 Å². The molecular weight excluding hydrogens is 376 g/mol. The Morgan fingerprint density at radius 1 is 1.18 bits per heavy atom. The van der Waals surface area contributed by atoms with E-state index in [4.69, 9.17) is 16.3 Å². The van der Waals surface area contributed by atoms with Crippen molar-refractivity contribution in [2.24, 2.45) is 0 Å². The third-order valence-corrected chi connectivity index (χ3v) is 5.92. The van der Waals surface area contributed by atoms with Crippen LogP contribution in [0.25, 0.3) is 0 Å². The summed E-state index contributed by atoms with van der Waals surface area (Å²) >= 11 is 6.04. The molecule has 2 heterocycles. The van der Waals surface area contributed by atoms with Gasteiger partial charge in [0.1, 0.15) is 11.9 Å². The summed E-state index contributed by atoms with van der Waals surface area (Å²) in [5.74, 6) is 0.737.